The zero-order valence-corrected chi connectivity index (χ0v) is 30.2. The Morgan fingerprint density at radius 1 is 0.615 bits per heavy atom. The van der Waals surface area contributed by atoms with Gasteiger partial charge in [0.2, 0.25) is 41.4 Å². The van der Waals surface area contributed by atoms with Crippen LogP contribution in [0.1, 0.15) is 66.7 Å². The zero-order chi connectivity index (χ0) is 40.3. The number of carbonyl (C=O) groups is 8. The topological polar surface area (TPSA) is 368 Å². The van der Waals surface area contributed by atoms with E-state index in [0.717, 1.165) is 6.92 Å². The molecule has 0 saturated heterocycles. The summed E-state index contributed by atoms with van der Waals surface area (Å²) in [5, 5.41) is 52.2. The van der Waals surface area contributed by atoms with Crippen LogP contribution in [0.3, 0.4) is 0 Å². The van der Waals surface area contributed by atoms with Gasteiger partial charge in [-0.05, 0) is 51.0 Å². The van der Waals surface area contributed by atoms with E-state index in [-0.39, 0.29) is 31.2 Å². The third-order valence-corrected chi connectivity index (χ3v) is 7.65. The summed E-state index contributed by atoms with van der Waals surface area (Å²) >= 11 is 0. The van der Waals surface area contributed by atoms with Gasteiger partial charge in [0.05, 0.1) is 31.8 Å². The highest BCUT2D eigenvalue weighted by Gasteiger charge is 2.35. The number of aliphatic hydroxyl groups is 3. The molecule has 0 aromatic heterocycles. The maximum absolute atomic E-state index is 13.4. The second kappa shape index (κ2) is 23.9. The van der Waals surface area contributed by atoms with Gasteiger partial charge in [0.15, 0.2) is 0 Å². The summed E-state index contributed by atoms with van der Waals surface area (Å²) in [6, 6.07) is -10.4. The second-order valence-electron chi connectivity index (χ2n) is 13.1. The molecule has 7 amide bonds. The van der Waals surface area contributed by atoms with Crippen molar-refractivity contribution in [1.82, 2.24) is 31.9 Å². The van der Waals surface area contributed by atoms with Gasteiger partial charge in [-0.25, -0.2) is 4.79 Å². The lowest BCUT2D eigenvalue weighted by Crippen LogP contribution is -2.62. The van der Waals surface area contributed by atoms with Gasteiger partial charge >= 0.3 is 5.97 Å². The smallest absolute Gasteiger partial charge is 0.328 e. The molecule has 0 aliphatic heterocycles. The Labute approximate surface area is 301 Å². The number of rotatable bonds is 25. The predicted molar refractivity (Wildman–Crippen MR) is 184 cm³/mol. The number of unbranched alkanes of at least 4 members (excludes halogenated alkanes) is 1. The van der Waals surface area contributed by atoms with Crippen molar-refractivity contribution in [3.63, 3.8) is 0 Å². The highest BCUT2D eigenvalue weighted by molar-refractivity contribution is 5.98. The molecule has 0 aliphatic rings. The molecule has 21 heteroatoms. The van der Waals surface area contributed by atoms with Crippen LogP contribution in [0.15, 0.2) is 0 Å². The highest BCUT2D eigenvalue weighted by Crippen LogP contribution is 2.09. The summed E-state index contributed by atoms with van der Waals surface area (Å²) in [4.78, 5) is 101. The predicted octanol–water partition coefficient (Wildman–Crippen LogP) is -5.62. The molecule has 0 rings (SSSR count). The Hall–Kier alpha value is -4.44. The lowest BCUT2D eigenvalue weighted by atomic mass is 9.99. The first-order valence-corrected chi connectivity index (χ1v) is 16.9. The minimum Gasteiger partial charge on any atom is -0.480 e. The van der Waals surface area contributed by atoms with Crippen LogP contribution in [-0.2, 0) is 38.4 Å². The largest absolute Gasteiger partial charge is 0.480 e. The monoisotopic (exact) mass is 747 g/mol. The zero-order valence-electron chi connectivity index (χ0n) is 30.2. The van der Waals surface area contributed by atoms with Gasteiger partial charge < -0.3 is 69.5 Å². The number of aliphatic carboxylic acids is 1. The van der Waals surface area contributed by atoms with Crippen LogP contribution in [0.25, 0.3) is 0 Å². The molecular formula is C31H57N9O12. The molecule has 21 nitrogen and oxygen atoms in total. The summed E-state index contributed by atoms with van der Waals surface area (Å²) in [6.45, 7) is 6.43. The fourth-order valence-electron chi connectivity index (χ4n) is 4.56. The van der Waals surface area contributed by atoms with Crippen LogP contribution in [0.5, 0.6) is 0 Å². The van der Waals surface area contributed by atoms with Crippen LogP contribution in [0, 0.1) is 11.8 Å². The first kappa shape index (κ1) is 47.6. The summed E-state index contributed by atoms with van der Waals surface area (Å²) in [6.07, 6.45) is -1.43. The van der Waals surface area contributed by atoms with Crippen molar-refractivity contribution in [2.24, 2.45) is 29.0 Å². The molecule has 0 aromatic carbocycles. The third-order valence-electron chi connectivity index (χ3n) is 7.65. The minimum atomic E-state index is -1.85. The number of hydrogen-bond acceptors (Lipinski definition) is 13. The van der Waals surface area contributed by atoms with E-state index in [1.165, 1.54) is 0 Å². The van der Waals surface area contributed by atoms with Gasteiger partial charge in [0, 0.05) is 0 Å². The Kier molecular flexibility index (Phi) is 21.9. The first-order valence-electron chi connectivity index (χ1n) is 16.9. The standard InChI is InChI=1S/C31H57N9O12/c1-14(2)10-18(36-29(49)23(34)15(3)4)26(46)35-17(8-6-7-9-32)25(45)38-20(12-41)28(48)40-24(16(5)43)30(50)37-19(11-22(33)44)27(47)39-21(13-42)31(51)52/h14-21,23-24,41-43H,6-13,32,34H2,1-5H3,(H2,33,44)(H,35,46)(H,36,49)(H,37,50)(H,38,45)(H,39,47)(H,40,48)(H,51,52)/t16-,17+,18+,19+,20+,21+,23+,24+/m1/s1. The summed E-state index contributed by atoms with van der Waals surface area (Å²) in [5.74, 6) is -8.84. The average Bonchev–Trinajstić information content (AvgIpc) is 3.05. The molecule has 0 fully saturated rings. The SMILES string of the molecule is CC(C)C[C@H](NC(=O)[C@@H](N)C(C)C)C(=O)N[C@@H](CCCCN)C(=O)N[C@@H](CO)C(=O)N[C@H](C(=O)N[C@@H](CC(N)=O)C(=O)N[C@@H](CO)C(=O)O)[C@@H](C)O. The lowest BCUT2D eigenvalue weighted by molar-refractivity contribution is -0.143. The van der Waals surface area contributed by atoms with Crippen molar-refractivity contribution in [3.05, 3.63) is 0 Å². The maximum atomic E-state index is 13.4. The quantitative estimate of drug-likeness (QED) is 0.0388. The number of carboxylic acids is 1. The molecule has 16 N–H and O–H groups in total. The number of nitrogens with two attached hydrogens (primary N) is 3. The van der Waals surface area contributed by atoms with E-state index in [9.17, 15) is 53.7 Å². The molecule has 0 aromatic rings. The molecule has 0 heterocycles. The number of primary amides is 1. The summed E-state index contributed by atoms with van der Waals surface area (Å²) < 4.78 is 0. The van der Waals surface area contributed by atoms with Crippen LogP contribution >= 0.6 is 0 Å². The van der Waals surface area contributed by atoms with Crippen molar-refractivity contribution >= 4 is 47.3 Å². The number of hydrogen-bond donors (Lipinski definition) is 13. The van der Waals surface area contributed by atoms with Gasteiger partial charge in [-0.3, -0.25) is 33.6 Å². The number of aliphatic hydroxyl groups excluding tert-OH is 3. The van der Waals surface area contributed by atoms with E-state index < -0.39 is 115 Å². The second-order valence-corrected chi connectivity index (χ2v) is 13.1. The Balaban J connectivity index is 6.04. The van der Waals surface area contributed by atoms with Gasteiger partial charge in [-0.15, -0.1) is 0 Å². The number of carbonyl (C=O) groups excluding carboxylic acids is 7. The van der Waals surface area contributed by atoms with Crippen LogP contribution < -0.4 is 49.1 Å². The number of amides is 7. The normalized spacial score (nSPS) is 15.8. The minimum absolute atomic E-state index is 0.0451. The maximum Gasteiger partial charge on any atom is 0.328 e. The summed E-state index contributed by atoms with van der Waals surface area (Å²) in [7, 11) is 0. The molecule has 52 heavy (non-hydrogen) atoms. The molecule has 0 aliphatic carbocycles. The van der Waals surface area contributed by atoms with Crippen molar-refractivity contribution in [3.8, 4) is 0 Å². The fraction of sp³-hybridized carbons (Fsp3) is 0.742. The molecule has 8 atom stereocenters. The van der Waals surface area contributed by atoms with Gasteiger partial charge in [-0.1, -0.05) is 27.7 Å². The first-order chi connectivity index (χ1) is 24.2. The van der Waals surface area contributed by atoms with Gasteiger partial charge in [-0.2, -0.15) is 0 Å². The lowest BCUT2D eigenvalue weighted by Gasteiger charge is -2.28. The third kappa shape index (κ3) is 17.2. The van der Waals surface area contributed by atoms with Gasteiger partial charge in [0.1, 0.15) is 36.3 Å². The highest BCUT2D eigenvalue weighted by atomic mass is 16.4. The summed E-state index contributed by atoms with van der Waals surface area (Å²) in [5.41, 5.74) is 16.7. The van der Waals surface area contributed by atoms with Crippen LogP contribution in [0.2, 0.25) is 0 Å². The van der Waals surface area contributed by atoms with Gasteiger partial charge in [0.25, 0.3) is 0 Å². The average molecular weight is 748 g/mol. The van der Waals surface area contributed by atoms with E-state index >= 15 is 0 Å². The van der Waals surface area contributed by atoms with Crippen molar-refractivity contribution in [1.29, 1.82) is 0 Å². The van der Waals surface area contributed by atoms with E-state index in [1.54, 1.807) is 13.8 Å². The van der Waals surface area contributed by atoms with Crippen LogP contribution in [0.4, 0.5) is 0 Å². The van der Waals surface area contributed by atoms with Crippen molar-refractivity contribution in [2.75, 3.05) is 19.8 Å². The molecule has 298 valence electrons. The van der Waals surface area contributed by atoms with Crippen LogP contribution in [-0.4, -0.2) is 136 Å². The molecule has 0 saturated carbocycles. The van der Waals surface area contributed by atoms with E-state index in [4.69, 9.17) is 22.3 Å². The van der Waals surface area contributed by atoms with E-state index in [0.29, 0.717) is 12.8 Å². The molecular weight excluding hydrogens is 690 g/mol. The number of carboxylic acid groups (broad SMARTS) is 1. The van der Waals surface area contributed by atoms with E-state index in [2.05, 4.69) is 26.6 Å². The molecule has 0 radical (unpaired) electrons. The fourth-order valence-corrected chi connectivity index (χ4v) is 4.56. The van der Waals surface area contributed by atoms with E-state index in [1.807, 2.05) is 19.2 Å². The molecule has 0 spiro atoms. The van der Waals surface area contributed by atoms with Crippen molar-refractivity contribution < 1.29 is 58.8 Å². The molecule has 0 unspecified atom stereocenters. The van der Waals surface area contributed by atoms with Crippen molar-refractivity contribution in [2.45, 2.75) is 115 Å². The molecule has 0 bridgehead atoms. The Morgan fingerprint density at radius 3 is 1.54 bits per heavy atom. The number of nitrogens with one attached hydrogen (secondary N) is 6. The Bertz CT molecular complexity index is 1230. The Morgan fingerprint density at radius 2 is 1.08 bits per heavy atom.